The van der Waals surface area contributed by atoms with Gasteiger partial charge in [0.15, 0.2) is 9.84 Å². The molecule has 0 aromatic carbocycles. The molecule has 19 heavy (non-hydrogen) atoms. The second-order valence-electron chi connectivity index (χ2n) is 6.41. The molecule has 0 bridgehead atoms. The summed E-state index contributed by atoms with van der Waals surface area (Å²) in [6, 6.07) is 0.984. The number of rotatable bonds is 4. The zero-order chi connectivity index (χ0) is 14.0. The van der Waals surface area contributed by atoms with E-state index in [1.165, 1.54) is 0 Å². The molecule has 0 saturated carbocycles. The first-order valence-electron chi connectivity index (χ1n) is 7.63. The van der Waals surface area contributed by atoms with Crippen LogP contribution in [0.15, 0.2) is 0 Å². The van der Waals surface area contributed by atoms with Crippen LogP contribution in [-0.2, 0) is 9.84 Å². The van der Waals surface area contributed by atoms with E-state index in [0.717, 1.165) is 38.9 Å². The van der Waals surface area contributed by atoms with E-state index in [-0.39, 0.29) is 5.25 Å². The Labute approximate surface area is 117 Å². The van der Waals surface area contributed by atoms with Gasteiger partial charge < -0.3 is 5.32 Å². The van der Waals surface area contributed by atoms with Gasteiger partial charge in [-0.05, 0) is 25.2 Å². The molecule has 0 aromatic rings. The summed E-state index contributed by atoms with van der Waals surface area (Å²) < 4.78 is 24.0. The summed E-state index contributed by atoms with van der Waals surface area (Å²) in [6.07, 6.45) is 2.79. The Morgan fingerprint density at radius 1 is 1.37 bits per heavy atom. The fourth-order valence-electron chi connectivity index (χ4n) is 3.28. The highest BCUT2D eigenvalue weighted by atomic mass is 32.2. The standard InChI is InChI=1S/C14H28N2O2S/c1-4-12-8-15-14(11(2)3)10-16(12)9-13-6-5-7-19(13,17)18/h11-15H,4-10H2,1-3H3. The van der Waals surface area contributed by atoms with Crippen LogP contribution in [0.2, 0.25) is 0 Å². The highest BCUT2D eigenvalue weighted by molar-refractivity contribution is 7.92. The SMILES string of the molecule is CCC1CNC(C(C)C)CN1CC1CCCS1(=O)=O. The average molecular weight is 288 g/mol. The maximum Gasteiger partial charge on any atom is 0.154 e. The van der Waals surface area contributed by atoms with E-state index in [4.69, 9.17) is 0 Å². The van der Waals surface area contributed by atoms with Gasteiger partial charge in [0.25, 0.3) is 0 Å². The van der Waals surface area contributed by atoms with E-state index in [0.29, 0.717) is 23.8 Å². The topological polar surface area (TPSA) is 49.4 Å². The van der Waals surface area contributed by atoms with E-state index in [1.807, 2.05) is 0 Å². The molecule has 2 aliphatic heterocycles. The quantitative estimate of drug-likeness (QED) is 0.846. The molecule has 2 fully saturated rings. The molecule has 2 aliphatic rings. The van der Waals surface area contributed by atoms with E-state index in [9.17, 15) is 8.42 Å². The van der Waals surface area contributed by atoms with Crippen LogP contribution in [0.5, 0.6) is 0 Å². The monoisotopic (exact) mass is 288 g/mol. The fraction of sp³-hybridized carbons (Fsp3) is 1.00. The van der Waals surface area contributed by atoms with Crippen molar-refractivity contribution >= 4 is 9.84 Å². The molecular formula is C14H28N2O2S. The van der Waals surface area contributed by atoms with E-state index < -0.39 is 9.84 Å². The van der Waals surface area contributed by atoms with Crippen molar-refractivity contribution in [3.05, 3.63) is 0 Å². The molecule has 0 radical (unpaired) electrons. The van der Waals surface area contributed by atoms with Gasteiger partial charge in [-0.2, -0.15) is 0 Å². The van der Waals surface area contributed by atoms with E-state index in [2.05, 4.69) is 31.0 Å². The third kappa shape index (κ3) is 3.50. The smallest absolute Gasteiger partial charge is 0.154 e. The van der Waals surface area contributed by atoms with Crippen LogP contribution in [0.4, 0.5) is 0 Å². The van der Waals surface area contributed by atoms with Crippen LogP contribution in [0.3, 0.4) is 0 Å². The summed E-state index contributed by atoms with van der Waals surface area (Å²) in [5.74, 6) is 0.995. The Bertz CT molecular complexity index is 394. The largest absolute Gasteiger partial charge is 0.311 e. The normalized spacial score (nSPS) is 35.9. The second-order valence-corrected chi connectivity index (χ2v) is 8.81. The van der Waals surface area contributed by atoms with Gasteiger partial charge in [0, 0.05) is 31.7 Å². The van der Waals surface area contributed by atoms with Gasteiger partial charge in [-0.15, -0.1) is 0 Å². The first-order chi connectivity index (χ1) is 8.94. The third-order valence-corrected chi connectivity index (χ3v) is 7.00. The van der Waals surface area contributed by atoms with Gasteiger partial charge >= 0.3 is 0 Å². The number of hydrogen-bond acceptors (Lipinski definition) is 4. The molecule has 0 spiro atoms. The first kappa shape index (κ1) is 15.3. The van der Waals surface area contributed by atoms with Gasteiger partial charge in [-0.1, -0.05) is 20.8 Å². The maximum atomic E-state index is 12.0. The summed E-state index contributed by atoms with van der Waals surface area (Å²) >= 11 is 0. The molecule has 2 heterocycles. The number of nitrogens with one attached hydrogen (secondary N) is 1. The lowest BCUT2D eigenvalue weighted by atomic mass is 9.98. The van der Waals surface area contributed by atoms with Crippen LogP contribution < -0.4 is 5.32 Å². The molecule has 112 valence electrons. The number of hydrogen-bond donors (Lipinski definition) is 1. The summed E-state index contributed by atoms with van der Waals surface area (Å²) in [6.45, 7) is 9.38. The zero-order valence-electron chi connectivity index (χ0n) is 12.4. The molecule has 0 aromatic heterocycles. The summed E-state index contributed by atoms with van der Waals surface area (Å²) in [5, 5.41) is 3.49. The maximum absolute atomic E-state index is 12.0. The lowest BCUT2D eigenvalue weighted by Crippen LogP contribution is -2.59. The predicted octanol–water partition coefficient (Wildman–Crippen LogP) is 1.27. The summed E-state index contributed by atoms with van der Waals surface area (Å²) in [5.41, 5.74) is 0. The van der Waals surface area contributed by atoms with Crippen molar-refractivity contribution in [3.63, 3.8) is 0 Å². The average Bonchev–Trinajstić information content (AvgIpc) is 2.68. The molecule has 1 N–H and O–H groups in total. The van der Waals surface area contributed by atoms with Gasteiger partial charge in [0.1, 0.15) is 0 Å². The number of sulfone groups is 1. The van der Waals surface area contributed by atoms with Crippen molar-refractivity contribution in [1.82, 2.24) is 10.2 Å². The van der Waals surface area contributed by atoms with E-state index >= 15 is 0 Å². The number of piperazine rings is 1. The Kier molecular flexibility index (Phi) is 4.90. The van der Waals surface area contributed by atoms with Crippen LogP contribution >= 0.6 is 0 Å². The van der Waals surface area contributed by atoms with Crippen LogP contribution in [0.25, 0.3) is 0 Å². The molecule has 3 atom stereocenters. The Hall–Kier alpha value is -0.130. The van der Waals surface area contributed by atoms with Crippen molar-refractivity contribution in [2.45, 2.75) is 57.4 Å². The number of nitrogens with zero attached hydrogens (tertiary/aromatic N) is 1. The lowest BCUT2D eigenvalue weighted by molar-refractivity contribution is 0.110. The molecule has 0 amide bonds. The van der Waals surface area contributed by atoms with Crippen molar-refractivity contribution in [1.29, 1.82) is 0 Å². The molecule has 2 saturated heterocycles. The second kappa shape index (κ2) is 6.10. The molecule has 3 unspecified atom stereocenters. The van der Waals surface area contributed by atoms with Crippen molar-refractivity contribution < 1.29 is 8.42 Å². The highest BCUT2D eigenvalue weighted by Crippen LogP contribution is 2.24. The fourth-order valence-corrected chi connectivity index (χ4v) is 5.13. The highest BCUT2D eigenvalue weighted by Gasteiger charge is 2.36. The zero-order valence-corrected chi connectivity index (χ0v) is 13.2. The minimum absolute atomic E-state index is 0.118. The molecular weight excluding hydrogens is 260 g/mol. The minimum Gasteiger partial charge on any atom is -0.311 e. The Morgan fingerprint density at radius 2 is 2.11 bits per heavy atom. The Balaban J connectivity index is 2.02. The van der Waals surface area contributed by atoms with Crippen LogP contribution in [0.1, 0.15) is 40.0 Å². The van der Waals surface area contributed by atoms with Crippen molar-refractivity contribution in [2.24, 2.45) is 5.92 Å². The molecule has 2 rings (SSSR count). The van der Waals surface area contributed by atoms with Gasteiger partial charge in [-0.3, -0.25) is 4.90 Å². The van der Waals surface area contributed by atoms with Crippen molar-refractivity contribution in [3.8, 4) is 0 Å². The van der Waals surface area contributed by atoms with Crippen LogP contribution in [0, 0.1) is 5.92 Å². The van der Waals surface area contributed by atoms with Crippen molar-refractivity contribution in [2.75, 3.05) is 25.4 Å². The van der Waals surface area contributed by atoms with Gasteiger partial charge in [-0.25, -0.2) is 8.42 Å². The third-order valence-electron chi connectivity index (χ3n) is 4.74. The summed E-state index contributed by atoms with van der Waals surface area (Å²) in [7, 11) is -2.82. The predicted molar refractivity (Wildman–Crippen MR) is 79.1 cm³/mol. The minimum atomic E-state index is -2.82. The van der Waals surface area contributed by atoms with Crippen LogP contribution in [-0.4, -0.2) is 56.0 Å². The van der Waals surface area contributed by atoms with Gasteiger partial charge in [0.05, 0.1) is 11.0 Å². The lowest BCUT2D eigenvalue weighted by Gasteiger charge is -2.42. The Morgan fingerprint density at radius 3 is 2.63 bits per heavy atom. The molecule has 0 aliphatic carbocycles. The molecule has 4 nitrogen and oxygen atoms in total. The summed E-state index contributed by atoms with van der Waals surface area (Å²) in [4.78, 5) is 2.43. The first-order valence-corrected chi connectivity index (χ1v) is 9.34. The van der Waals surface area contributed by atoms with Gasteiger partial charge in [0.2, 0.25) is 0 Å². The molecule has 5 heteroatoms. The van der Waals surface area contributed by atoms with E-state index in [1.54, 1.807) is 0 Å².